The first-order chi connectivity index (χ1) is 14.4. The quantitative estimate of drug-likeness (QED) is 0.569. The fraction of sp³-hybridized carbons (Fsp3) is 0.333. The molecule has 1 aromatic heterocycles. The van der Waals surface area contributed by atoms with Crippen LogP contribution in [0.1, 0.15) is 43.0 Å². The van der Waals surface area contributed by atoms with E-state index in [-0.39, 0.29) is 16.5 Å². The minimum atomic E-state index is -3.66. The zero-order chi connectivity index (χ0) is 21.1. The van der Waals surface area contributed by atoms with Crippen molar-refractivity contribution in [2.45, 2.75) is 43.5 Å². The van der Waals surface area contributed by atoms with Crippen molar-refractivity contribution in [3.05, 3.63) is 48.0 Å². The van der Waals surface area contributed by atoms with Crippen LogP contribution < -0.4 is 14.8 Å². The molecular formula is C21H23N3O4S2. The van der Waals surface area contributed by atoms with Gasteiger partial charge in [-0.1, -0.05) is 30.2 Å². The number of carbonyl (C=O) groups is 1. The number of aromatic nitrogens is 1. The molecule has 1 amide bonds. The van der Waals surface area contributed by atoms with Crippen LogP contribution in [0.4, 0.5) is 5.13 Å². The summed E-state index contributed by atoms with van der Waals surface area (Å²) in [7, 11) is -3.66. The predicted octanol–water partition coefficient (Wildman–Crippen LogP) is 4.17. The van der Waals surface area contributed by atoms with Gasteiger partial charge in [0.2, 0.25) is 10.0 Å². The topological polar surface area (TPSA) is 97.4 Å². The number of fused-ring (bicyclic) bond motifs is 1. The summed E-state index contributed by atoms with van der Waals surface area (Å²) < 4.78 is 34.4. The molecule has 2 N–H and O–H groups in total. The Morgan fingerprint density at radius 3 is 2.77 bits per heavy atom. The van der Waals surface area contributed by atoms with E-state index in [0.29, 0.717) is 11.7 Å². The smallest absolute Gasteiger partial charge is 0.257 e. The molecule has 0 aliphatic heterocycles. The van der Waals surface area contributed by atoms with Gasteiger partial charge in [0, 0.05) is 11.6 Å². The summed E-state index contributed by atoms with van der Waals surface area (Å²) in [5.74, 6) is 0.344. The molecule has 1 aliphatic rings. The number of rotatable bonds is 7. The highest BCUT2D eigenvalue weighted by atomic mass is 32.2. The van der Waals surface area contributed by atoms with Crippen molar-refractivity contribution in [3.63, 3.8) is 0 Å². The van der Waals surface area contributed by atoms with Gasteiger partial charge in [0.25, 0.3) is 5.91 Å². The van der Waals surface area contributed by atoms with E-state index < -0.39 is 15.9 Å². The van der Waals surface area contributed by atoms with Gasteiger partial charge in [-0.15, -0.1) is 0 Å². The van der Waals surface area contributed by atoms with Crippen LogP contribution in [0.15, 0.2) is 47.4 Å². The van der Waals surface area contributed by atoms with Gasteiger partial charge in [-0.05, 0) is 56.2 Å². The van der Waals surface area contributed by atoms with Crippen molar-refractivity contribution < 1.29 is 17.9 Å². The average Bonchev–Trinajstić information content (AvgIpc) is 3.37. The molecule has 2 aromatic carbocycles. The number of sulfonamides is 1. The highest BCUT2D eigenvalue weighted by molar-refractivity contribution is 7.89. The van der Waals surface area contributed by atoms with Crippen molar-refractivity contribution in [2.75, 3.05) is 11.9 Å². The van der Waals surface area contributed by atoms with Crippen LogP contribution in [0.3, 0.4) is 0 Å². The van der Waals surface area contributed by atoms with Crippen LogP contribution >= 0.6 is 11.3 Å². The fourth-order valence-electron chi connectivity index (χ4n) is 3.52. The lowest BCUT2D eigenvalue weighted by molar-refractivity contribution is 0.102. The molecule has 3 aromatic rings. The Labute approximate surface area is 179 Å². The first kappa shape index (κ1) is 20.8. The second kappa shape index (κ2) is 8.71. The Kier molecular flexibility index (Phi) is 6.03. The molecule has 9 heteroatoms. The molecule has 0 atom stereocenters. The van der Waals surface area contributed by atoms with Gasteiger partial charge in [0.05, 0.1) is 21.7 Å². The molecule has 30 heavy (non-hydrogen) atoms. The minimum absolute atomic E-state index is 0.0307. The monoisotopic (exact) mass is 445 g/mol. The fourth-order valence-corrected chi connectivity index (χ4v) is 5.76. The molecule has 158 valence electrons. The number of nitrogens with one attached hydrogen (secondary N) is 2. The zero-order valence-electron chi connectivity index (χ0n) is 16.6. The average molecular weight is 446 g/mol. The molecule has 1 heterocycles. The maximum atomic E-state index is 12.7. The van der Waals surface area contributed by atoms with Crippen LogP contribution in [0.2, 0.25) is 0 Å². The van der Waals surface area contributed by atoms with E-state index in [0.717, 1.165) is 41.6 Å². The van der Waals surface area contributed by atoms with Crippen LogP contribution in [0.25, 0.3) is 10.2 Å². The zero-order valence-corrected chi connectivity index (χ0v) is 18.2. The Balaban J connectivity index is 1.51. The lowest BCUT2D eigenvalue weighted by Gasteiger charge is -2.13. The molecule has 0 bridgehead atoms. The third-order valence-corrected chi connectivity index (χ3v) is 7.43. The van der Waals surface area contributed by atoms with Gasteiger partial charge in [-0.2, -0.15) is 0 Å². The molecular weight excluding hydrogens is 422 g/mol. The molecule has 1 saturated carbocycles. The van der Waals surface area contributed by atoms with E-state index in [1.807, 2.05) is 25.1 Å². The Bertz CT molecular complexity index is 1170. The second-order valence-corrected chi connectivity index (χ2v) is 9.91. The van der Waals surface area contributed by atoms with Crippen LogP contribution in [-0.4, -0.2) is 32.0 Å². The number of hydrogen-bond donors (Lipinski definition) is 2. The van der Waals surface area contributed by atoms with Gasteiger partial charge >= 0.3 is 0 Å². The Morgan fingerprint density at radius 1 is 1.20 bits per heavy atom. The summed E-state index contributed by atoms with van der Waals surface area (Å²) in [5, 5.41) is 3.21. The second-order valence-electron chi connectivity index (χ2n) is 7.17. The molecule has 0 saturated heterocycles. The number of benzene rings is 2. The van der Waals surface area contributed by atoms with Crippen LogP contribution in [-0.2, 0) is 10.0 Å². The summed E-state index contributed by atoms with van der Waals surface area (Å²) in [6.45, 7) is 2.49. The summed E-state index contributed by atoms with van der Waals surface area (Å²) in [4.78, 5) is 17.2. The van der Waals surface area contributed by atoms with Gasteiger partial charge in [0.1, 0.15) is 5.75 Å². The van der Waals surface area contributed by atoms with Gasteiger partial charge in [-0.25, -0.2) is 18.1 Å². The minimum Gasteiger partial charge on any atom is -0.494 e. The molecule has 0 radical (unpaired) electrons. The predicted molar refractivity (Wildman–Crippen MR) is 118 cm³/mol. The number of amides is 1. The van der Waals surface area contributed by atoms with E-state index in [4.69, 9.17) is 4.74 Å². The standard InChI is InChI=1S/C21H23N3O4S2/c1-2-28-16-10-11-18-19(13-16)29-21(22-18)23-20(25)14-6-5-9-17(12-14)30(26,27)24-15-7-3-4-8-15/h5-6,9-13,15,24H,2-4,7-8H2,1H3,(H,22,23,25). The lowest BCUT2D eigenvalue weighted by atomic mass is 10.2. The maximum Gasteiger partial charge on any atom is 0.257 e. The molecule has 1 fully saturated rings. The van der Waals surface area contributed by atoms with Gasteiger partial charge in [0.15, 0.2) is 5.13 Å². The van der Waals surface area contributed by atoms with E-state index >= 15 is 0 Å². The normalized spacial score (nSPS) is 14.8. The molecule has 1 aliphatic carbocycles. The number of hydrogen-bond acceptors (Lipinski definition) is 6. The van der Waals surface area contributed by atoms with Crippen molar-refractivity contribution >= 4 is 42.6 Å². The summed E-state index contributed by atoms with van der Waals surface area (Å²) in [5.41, 5.74) is 1.02. The number of carbonyl (C=O) groups excluding carboxylic acids is 1. The number of thiazole rings is 1. The molecule has 0 unspecified atom stereocenters. The van der Waals surface area contributed by atoms with E-state index in [2.05, 4.69) is 15.0 Å². The summed E-state index contributed by atoms with van der Waals surface area (Å²) in [6, 6.07) is 11.6. The highest BCUT2D eigenvalue weighted by Gasteiger charge is 2.23. The van der Waals surface area contributed by atoms with Crippen molar-refractivity contribution in [2.24, 2.45) is 0 Å². The first-order valence-corrected chi connectivity index (χ1v) is 12.2. The van der Waals surface area contributed by atoms with E-state index in [1.54, 1.807) is 12.1 Å². The SMILES string of the molecule is CCOc1ccc2nc(NC(=O)c3cccc(S(=O)(=O)NC4CCCC4)c3)sc2c1. The van der Waals surface area contributed by atoms with E-state index in [1.165, 1.54) is 23.5 Å². The van der Waals surface area contributed by atoms with Crippen molar-refractivity contribution in [3.8, 4) is 5.75 Å². The highest BCUT2D eigenvalue weighted by Crippen LogP contribution is 2.29. The Morgan fingerprint density at radius 2 is 2.00 bits per heavy atom. The number of ether oxygens (including phenoxy) is 1. The van der Waals surface area contributed by atoms with Crippen LogP contribution in [0.5, 0.6) is 5.75 Å². The summed E-state index contributed by atoms with van der Waals surface area (Å²) in [6.07, 6.45) is 3.76. The summed E-state index contributed by atoms with van der Waals surface area (Å²) >= 11 is 1.34. The van der Waals surface area contributed by atoms with Crippen molar-refractivity contribution in [1.82, 2.24) is 9.71 Å². The number of anilines is 1. The number of nitrogens with zero attached hydrogens (tertiary/aromatic N) is 1. The lowest BCUT2D eigenvalue weighted by Crippen LogP contribution is -2.32. The largest absolute Gasteiger partial charge is 0.494 e. The van der Waals surface area contributed by atoms with Crippen molar-refractivity contribution in [1.29, 1.82) is 0 Å². The Hall–Kier alpha value is -2.49. The molecule has 0 spiro atoms. The molecule has 4 rings (SSSR count). The third-order valence-electron chi connectivity index (χ3n) is 4.97. The third kappa shape index (κ3) is 4.63. The van der Waals surface area contributed by atoms with Gasteiger partial charge in [-0.3, -0.25) is 10.1 Å². The van der Waals surface area contributed by atoms with Crippen LogP contribution in [0, 0.1) is 0 Å². The van der Waals surface area contributed by atoms with E-state index in [9.17, 15) is 13.2 Å². The van der Waals surface area contributed by atoms with Gasteiger partial charge < -0.3 is 4.74 Å². The first-order valence-electron chi connectivity index (χ1n) is 9.92. The maximum absolute atomic E-state index is 12.7. The molecule has 7 nitrogen and oxygen atoms in total.